The van der Waals surface area contributed by atoms with Gasteiger partial charge >= 0.3 is 0 Å². The largest absolute Gasteiger partial charge is 0.394 e. The molecule has 13 nitrogen and oxygen atoms in total. The molecule has 0 aliphatic carbocycles. The van der Waals surface area contributed by atoms with Crippen LogP contribution in [0.5, 0.6) is 0 Å². The van der Waals surface area contributed by atoms with Crippen LogP contribution in [0.25, 0.3) is 0 Å². The molecule has 2 fully saturated rings. The van der Waals surface area contributed by atoms with Crippen LogP contribution in [0.15, 0.2) is 0 Å². The van der Waals surface area contributed by atoms with E-state index in [9.17, 15) is 40.5 Å². The van der Waals surface area contributed by atoms with E-state index in [4.69, 9.17) is 14.2 Å². The molecule has 0 spiro atoms. The maximum Gasteiger partial charge on any atom is 0.231 e. The number of hydrogen-bond acceptors (Lipinski definition) is 12. The lowest BCUT2D eigenvalue weighted by Crippen LogP contribution is -2.67. The van der Waals surface area contributed by atoms with Gasteiger partial charge in [0.25, 0.3) is 0 Å². The van der Waals surface area contributed by atoms with E-state index in [1.165, 1.54) is 6.92 Å². The first-order valence-corrected chi connectivity index (χ1v) is 8.31. The molecule has 0 radical (unpaired) electrons. The van der Waals surface area contributed by atoms with E-state index in [0.717, 1.165) is 0 Å². The maximum atomic E-state index is 10.9. The van der Waals surface area contributed by atoms with Crippen molar-refractivity contribution in [3.8, 4) is 0 Å². The molecular formula is C14H26N2O11. The van der Waals surface area contributed by atoms with Crippen molar-refractivity contribution in [3.05, 3.63) is 0 Å². The number of hydrazine groups is 1. The zero-order chi connectivity index (χ0) is 20.3. The van der Waals surface area contributed by atoms with Crippen molar-refractivity contribution in [2.24, 2.45) is 0 Å². The van der Waals surface area contributed by atoms with Gasteiger partial charge in [0.2, 0.25) is 5.91 Å². The molecule has 0 bridgehead atoms. The summed E-state index contributed by atoms with van der Waals surface area (Å²) in [4.78, 5) is 10.9. The Balaban J connectivity index is 2.09. The fraction of sp³-hybridized carbons (Fsp3) is 0.929. The highest BCUT2D eigenvalue weighted by Gasteiger charge is 2.50. The maximum absolute atomic E-state index is 10.9. The third-order valence-electron chi connectivity index (χ3n) is 4.39. The molecule has 13 heteroatoms. The number of aliphatic hydroxyl groups excluding tert-OH is 7. The highest BCUT2D eigenvalue weighted by atomic mass is 16.7. The Labute approximate surface area is 154 Å². The normalized spacial score (nSPS) is 45.5. The van der Waals surface area contributed by atoms with Gasteiger partial charge in [-0.05, 0) is 0 Å². The average Bonchev–Trinajstić information content (AvgIpc) is 2.64. The predicted octanol–water partition coefficient (Wildman–Crippen LogP) is -5.75. The molecule has 2 saturated heterocycles. The molecule has 158 valence electrons. The highest BCUT2D eigenvalue weighted by molar-refractivity contribution is 5.72. The molecule has 0 unspecified atom stereocenters. The van der Waals surface area contributed by atoms with Crippen molar-refractivity contribution in [2.45, 2.75) is 68.3 Å². The van der Waals surface area contributed by atoms with Crippen LogP contribution in [0.1, 0.15) is 6.92 Å². The van der Waals surface area contributed by atoms with Crippen LogP contribution in [0.2, 0.25) is 0 Å². The lowest BCUT2D eigenvalue weighted by molar-refractivity contribution is -0.343. The van der Waals surface area contributed by atoms with E-state index in [1.54, 1.807) is 0 Å². The van der Waals surface area contributed by atoms with Crippen molar-refractivity contribution < 1.29 is 54.8 Å². The van der Waals surface area contributed by atoms with Gasteiger partial charge in [0.1, 0.15) is 48.8 Å². The van der Waals surface area contributed by atoms with Crippen LogP contribution in [0.3, 0.4) is 0 Å². The minimum atomic E-state index is -1.73. The SMILES string of the molecule is CC(=O)NN[C@@H]1O[C@H](CO)[C@@H](O[C@H]2O[C@H](CO)[C@@H](O)[C@H](O)[C@H]2O)[C@H](O)[C@H]1O. The van der Waals surface area contributed by atoms with Crippen molar-refractivity contribution in [3.63, 3.8) is 0 Å². The number of carbonyl (C=O) groups excluding carboxylic acids is 1. The summed E-state index contributed by atoms with van der Waals surface area (Å²) in [6, 6.07) is 0. The Hall–Kier alpha value is -0.970. The van der Waals surface area contributed by atoms with Crippen LogP contribution in [0.4, 0.5) is 0 Å². The van der Waals surface area contributed by atoms with Gasteiger partial charge in [0, 0.05) is 6.92 Å². The van der Waals surface area contributed by atoms with Gasteiger partial charge in [-0.15, -0.1) is 0 Å². The standard InChI is InChI=1S/C14H26N2O11/c1-4(19)15-16-13-10(23)9(22)12(6(3-18)25-13)27-14-11(24)8(21)7(20)5(2-17)26-14/h5-14,16-18,20-24H,2-3H2,1H3,(H,15,19)/t5-,6-,7-,8+,9-,10-,11-,12-,13-,14-/m1/s1. The first-order valence-electron chi connectivity index (χ1n) is 8.31. The topological polar surface area (TPSA) is 210 Å². The molecule has 2 rings (SSSR count). The molecule has 0 aromatic rings. The molecule has 27 heavy (non-hydrogen) atoms. The monoisotopic (exact) mass is 398 g/mol. The average molecular weight is 398 g/mol. The number of nitrogens with one attached hydrogen (secondary N) is 2. The predicted molar refractivity (Wildman–Crippen MR) is 83.4 cm³/mol. The van der Waals surface area contributed by atoms with Gasteiger partial charge in [-0.3, -0.25) is 10.2 Å². The molecule has 1 amide bonds. The Kier molecular flexibility index (Phi) is 7.84. The van der Waals surface area contributed by atoms with Crippen LogP contribution in [-0.2, 0) is 19.0 Å². The van der Waals surface area contributed by atoms with Crippen LogP contribution in [0, 0.1) is 0 Å². The summed E-state index contributed by atoms with van der Waals surface area (Å²) in [5.74, 6) is -0.486. The highest BCUT2D eigenvalue weighted by Crippen LogP contribution is 2.28. The molecular weight excluding hydrogens is 372 g/mol. The Bertz CT molecular complexity index is 494. The van der Waals surface area contributed by atoms with Crippen molar-refractivity contribution in [1.29, 1.82) is 0 Å². The third-order valence-corrected chi connectivity index (χ3v) is 4.39. The minimum absolute atomic E-state index is 0.486. The van der Waals surface area contributed by atoms with Crippen molar-refractivity contribution in [2.75, 3.05) is 13.2 Å². The van der Waals surface area contributed by atoms with Crippen molar-refractivity contribution in [1.82, 2.24) is 10.9 Å². The van der Waals surface area contributed by atoms with E-state index < -0.39 is 80.5 Å². The van der Waals surface area contributed by atoms with Crippen molar-refractivity contribution >= 4 is 5.91 Å². The molecule has 0 saturated carbocycles. The van der Waals surface area contributed by atoms with Gasteiger partial charge in [-0.25, -0.2) is 5.43 Å². The quantitative estimate of drug-likeness (QED) is 0.192. The van der Waals surface area contributed by atoms with Crippen LogP contribution in [-0.4, -0.2) is 116 Å². The molecule has 2 heterocycles. The number of rotatable bonds is 6. The van der Waals surface area contributed by atoms with E-state index in [-0.39, 0.29) is 0 Å². The molecule has 9 N–H and O–H groups in total. The molecule has 0 aromatic heterocycles. The number of ether oxygens (including phenoxy) is 3. The fourth-order valence-corrected chi connectivity index (χ4v) is 2.88. The summed E-state index contributed by atoms with van der Waals surface area (Å²) in [7, 11) is 0. The van der Waals surface area contributed by atoms with Crippen LogP contribution >= 0.6 is 0 Å². The summed E-state index contributed by atoms with van der Waals surface area (Å²) in [6.07, 6.45) is -15.0. The van der Waals surface area contributed by atoms with Gasteiger partial charge in [0.05, 0.1) is 13.2 Å². The number of hydrogen-bond donors (Lipinski definition) is 9. The van der Waals surface area contributed by atoms with E-state index in [1.807, 2.05) is 0 Å². The van der Waals surface area contributed by atoms with Gasteiger partial charge < -0.3 is 50.0 Å². The summed E-state index contributed by atoms with van der Waals surface area (Å²) in [6.45, 7) is -0.138. The number of carbonyl (C=O) groups is 1. The van der Waals surface area contributed by atoms with Gasteiger partial charge in [0.15, 0.2) is 12.5 Å². The molecule has 0 aromatic carbocycles. The third kappa shape index (κ3) is 4.90. The second kappa shape index (κ2) is 9.49. The Morgan fingerprint density at radius 1 is 0.889 bits per heavy atom. The zero-order valence-corrected chi connectivity index (χ0v) is 14.5. The number of amides is 1. The Morgan fingerprint density at radius 3 is 2.07 bits per heavy atom. The van der Waals surface area contributed by atoms with Gasteiger partial charge in [-0.2, -0.15) is 0 Å². The molecule has 2 aliphatic rings. The number of aliphatic hydroxyl groups is 7. The second-order valence-corrected chi connectivity index (χ2v) is 6.38. The zero-order valence-electron chi connectivity index (χ0n) is 14.5. The second-order valence-electron chi connectivity index (χ2n) is 6.38. The van der Waals surface area contributed by atoms with E-state index >= 15 is 0 Å². The summed E-state index contributed by atoms with van der Waals surface area (Å²) >= 11 is 0. The first kappa shape index (κ1) is 22.3. The molecule has 10 atom stereocenters. The van der Waals surface area contributed by atoms with E-state index in [0.29, 0.717) is 0 Å². The lowest BCUT2D eigenvalue weighted by atomic mass is 9.96. The Morgan fingerprint density at radius 2 is 1.52 bits per heavy atom. The van der Waals surface area contributed by atoms with E-state index in [2.05, 4.69) is 10.9 Å². The molecule has 2 aliphatic heterocycles. The van der Waals surface area contributed by atoms with Gasteiger partial charge in [-0.1, -0.05) is 0 Å². The summed E-state index contributed by atoms with van der Waals surface area (Å²) < 4.78 is 15.9. The first-order chi connectivity index (χ1) is 12.7. The minimum Gasteiger partial charge on any atom is -0.394 e. The summed E-state index contributed by atoms with van der Waals surface area (Å²) in [5, 5.41) is 68.7. The lowest BCUT2D eigenvalue weighted by Gasteiger charge is -2.46. The fourth-order valence-electron chi connectivity index (χ4n) is 2.88. The smallest absolute Gasteiger partial charge is 0.231 e. The summed E-state index contributed by atoms with van der Waals surface area (Å²) in [5.41, 5.74) is 4.52. The van der Waals surface area contributed by atoms with Crippen LogP contribution < -0.4 is 10.9 Å².